The number of aromatic carboxylic acids is 1. The molecule has 0 aliphatic carbocycles. The summed E-state index contributed by atoms with van der Waals surface area (Å²) in [7, 11) is 1.53. The molecule has 116 valence electrons. The van der Waals surface area contributed by atoms with Crippen LogP contribution >= 0.6 is 0 Å². The van der Waals surface area contributed by atoms with Crippen molar-refractivity contribution >= 4 is 17.7 Å². The van der Waals surface area contributed by atoms with Gasteiger partial charge in [0.05, 0.1) is 23.9 Å². The summed E-state index contributed by atoms with van der Waals surface area (Å²) in [5.41, 5.74) is -0.240. The fourth-order valence-electron chi connectivity index (χ4n) is 1.98. The molecule has 0 aromatic heterocycles. The van der Waals surface area contributed by atoms with E-state index >= 15 is 0 Å². The van der Waals surface area contributed by atoms with Crippen LogP contribution in [0.1, 0.15) is 24.2 Å². The molecule has 2 N–H and O–H groups in total. The Hall–Kier alpha value is -2.15. The second-order valence-corrected chi connectivity index (χ2v) is 4.52. The van der Waals surface area contributed by atoms with E-state index in [9.17, 15) is 14.0 Å². The molecule has 2 amide bonds. The number of hydrogen-bond acceptors (Lipinski definition) is 3. The number of ether oxygens (including phenoxy) is 1. The van der Waals surface area contributed by atoms with E-state index < -0.39 is 17.8 Å². The lowest BCUT2D eigenvalue weighted by atomic mass is 10.1. The van der Waals surface area contributed by atoms with E-state index in [-0.39, 0.29) is 17.3 Å². The van der Waals surface area contributed by atoms with Crippen molar-refractivity contribution in [1.82, 2.24) is 4.90 Å². The Morgan fingerprint density at radius 3 is 2.67 bits per heavy atom. The van der Waals surface area contributed by atoms with Crippen molar-refractivity contribution in [2.24, 2.45) is 0 Å². The lowest BCUT2D eigenvalue weighted by Gasteiger charge is -2.27. The zero-order valence-corrected chi connectivity index (χ0v) is 12.2. The van der Waals surface area contributed by atoms with E-state index in [1.54, 1.807) is 13.8 Å². The van der Waals surface area contributed by atoms with Crippen LogP contribution in [0.25, 0.3) is 0 Å². The molecule has 0 aliphatic rings. The van der Waals surface area contributed by atoms with Gasteiger partial charge < -0.3 is 20.1 Å². The lowest BCUT2D eigenvalue weighted by Crippen LogP contribution is -2.43. The minimum absolute atomic E-state index is 0.0735. The first-order valence-electron chi connectivity index (χ1n) is 6.50. The highest BCUT2D eigenvalue weighted by Gasteiger charge is 2.20. The molecule has 6 nitrogen and oxygen atoms in total. The summed E-state index contributed by atoms with van der Waals surface area (Å²) >= 11 is 0. The number of methoxy groups -OCH3 is 1. The van der Waals surface area contributed by atoms with Crippen LogP contribution in [-0.2, 0) is 4.74 Å². The fourth-order valence-corrected chi connectivity index (χ4v) is 1.98. The third-order valence-corrected chi connectivity index (χ3v) is 3.00. The molecular formula is C14H19FN2O4. The van der Waals surface area contributed by atoms with Gasteiger partial charge in [0.15, 0.2) is 0 Å². The normalized spacial score (nSPS) is 11.8. The molecule has 0 fully saturated rings. The molecule has 1 unspecified atom stereocenters. The van der Waals surface area contributed by atoms with Gasteiger partial charge in [-0.2, -0.15) is 0 Å². The molecule has 0 saturated carbocycles. The van der Waals surface area contributed by atoms with Gasteiger partial charge in [0.1, 0.15) is 5.82 Å². The van der Waals surface area contributed by atoms with E-state index in [1.807, 2.05) is 0 Å². The molecule has 0 heterocycles. The monoisotopic (exact) mass is 298 g/mol. The number of benzene rings is 1. The first-order valence-corrected chi connectivity index (χ1v) is 6.50. The largest absolute Gasteiger partial charge is 0.478 e. The summed E-state index contributed by atoms with van der Waals surface area (Å²) in [5, 5.41) is 11.5. The number of carbonyl (C=O) groups is 2. The SMILES string of the molecule is CCN(C(=O)Nc1cc(F)ccc1C(=O)O)C(C)COC. The summed E-state index contributed by atoms with van der Waals surface area (Å²) < 4.78 is 18.2. The maximum atomic E-state index is 13.2. The molecule has 0 aliphatic heterocycles. The number of nitrogens with one attached hydrogen (secondary N) is 1. The summed E-state index contributed by atoms with van der Waals surface area (Å²) in [6.07, 6.45) is 0. The van der Waals surface area contributed by atoms with Gasteiger partial charge in [0.25, 0.3) is 0 Å². The van der Waals surface area contributed by atoms with Crippen LogP contribution in [0.3, 0.4) is 0 Å². The maximum Gasteiger partial charge on any atom is 0.337 e. The van der Waals surface area contributed by atoms with Gasteiger partial charge in [-0.15, -0.1) is 0 Å². The molecule has 0 bridgehead atoms. The molecule has 0 saturated heterocycles. The zero-order valence-electron chi connectivity index (χ0n) is 12.2. The van der Waals surface area contributed by atoms with Crippen LogP contribution in [-0.4, -0.2) is 48.3 Å². The standard InChI is InChI=1S/C14H19FN2O4/c1-4-17(9(2)8-21-3)14(20)16-12-7-10(15)5-6-11(12)13(18)19/h5-7,9H,4,8H2,1-3H3,(H,16,20)(H,18,19). The molecule has 0 spiro atoms. The summed E-state index contributed by atoms with van der Waals surface area (Å²) in [6.45, 7) is 4.34. The van der Waals surface area contributed by atoms with Gasteiger partial charge in [0, 0.05) is 13.7 Å². The van der Waals surface area contributed by atoms with E-state index in [2.05, 4.69) is 5.32 Å². The number of nitrogens with zero attached hydrogens (tertiary/aromatic N) is 1. The van der Waals surface area contributed by atoms with E-state index in [1.165, 1.54) is 12.0 Å². The smallest absolute Gasteiger partial charge is 0.337 e. The molecule has 0 radical (unpaired) electrons. The fraction of sp³-hybridized carbons (Fsp3) is 0.429. The first kappa shape index (κ1) is 16.9. The third-order valence-electron chi connectivity index (χ3n) is 3.00. The maximum absolute atomic E-state index is 13.2. The Kier molecular flexibility index (Phi) is 6.10. The highest BCUT2D eigenvalue weighted by Crippen LogP contribution is 2.18. The number of carboxylic acids is 1. The van der Waals surface area contributed by atoms with Crippen LogP contribution < -0.4 is 5.32 Å². The van der Waals surface area contributed by atoms with E-state index in [4.69, 9.17) is 9.84 Å². The second kappa shape index (κ2) is 7.58. The lowest BCUT2D eigenvalue weighted by molar-refractivity contribution is 0.0698. The Bertz CT molecular complexity index is 522. The van der Waals surface area contributed by atoms with Gasteiger partial charge >= 0.3 is 12.0 Å². The van der Waals surface area contributed by atoms with Crippen LogP contribution in [0.5, 0.6) is 0 Å². The van der Waals surface area contributed by atoms with E-state index in [0.717, 1.165) is 18.2 Å². The van der Waals surface area contributed by atoms with Gasteiger partial charge in [-0.1, -0.05) is 0 Å². The molecular weight excluding hydrogens is 279 g/mol. The molecule has 1 aromatic rings. The van der Waals surface area contributed by atoms with E-state index in [0.29, 0.717) is 13.2 Å². The van der Waals surface area contributed by atoms with Crippen molar-refractivity contribution in [2.75, 3.05) is 25.6 Å². The van der Waals surface area contributed by atoms with Crippen LogP contribution in [0.15, 0.2) is 18.2 Å². The Morgan fingerprint density at radius 2 is 2.14 bits per heavy atom. The highest BCUT2D eigenvalue weighted by molar-refractivity contribution is 6.00. The van der Waals surface area contributed by atoms with Crippen molar-refractivity contribution in [2.45, 2.75) is 19.9 Å². The summed E-state index contributed by atoms with van der Waals surface area (Å²) in [4.78, 5) is 24.7. The molecule has 1 aromatic carbocycles. The average molecular weight is 298 g/mol. The average Bonchev–Trinajstić information content (AvgIpc) is 2.39. The van der Waals surface area contributed by atoms with Crippen LogP contribution in [0, 0.1) is 5.82 Å². The zero-order chi connectivity index (χ0) is 16.0. The van der Waals surface area contributed by atoms with Gasteiger partial charge in [-0.3, -0.25) is 0 Å². The van der Waals surface area contributed by atoms with Crippen LogP contribution in [0.4, 0.5) is 14.9 Å². The molecule has 7 heteroatoms. The Morgan fingerprint density at radius 1 is 1.48 bits per heavy atom. The number of halogens is 1. The quantitative estimate of drug-likeness (QED) is 0.845. The highest BCUT2D eigenvalue weighted by atomic mass is 19.1. The molecule has 1 atom stereocenters. The predicted octanol–water partition coefficient (Wildman–Crippen LogP) is 2.41. The number of hydrogen-bond donors (Lipinski definition) is 2. The Balaban J connectivity index is 2.96. The number of carboxylic acid groups (broad SMARTS) is 1. The van der Waals surface area contributed by atoms with Crippen molar-refractivity contribution in [3.05, 3.63) is 29.6 Å². The summed E-state index contributed by atoms with van der Waals surface area (Å²) in [6, 6.07) is 2.43. The number of carbonyl (C=O) groups excluding carboxylic acids is 1. The first-order chi connectivity index (χ1) is 9.90. The summed E-state index contributed by atoms with van der Waals surface area (Å²) in [5.74, 6) is -1.86. The van der Waals surface area contributed by atoms with Crippen molar-refractivity contribution < 1.29 is 23.8 Å². The van der Waals surface area contributed by atoms with Gasteiger partial charge in [-0.05, 0) is 32.0 Å². The van der Waals surface area contributed by atoms with Crippen molar-refractivity contribution in [3.8, 4) is 0 Å². The minimum atomic E-state index is -1.24. The van der Waals surface area contributed by atoms with Crippen LogP contribution in [0.2, 0.25) is 0 Å². The number of likely N-dealkylation sites (N-methyl/N-ethyl adjacent to an activating group) is 1. The minimum Gasteiger partial charge on any atom is -0.478 e. The second-order valence-electron chi connectivity index (χ2n) is 4.52. The number of rotatable bonds is 6. The van der Waals surface area contributed by atoms with Crippen molar-refractivity contribution in [3.63, 3.8) is 0 Å². The van der Waals surface area contributed by atoms with Gasteiger partial charge in [0.2, 0.25) is 0 Å². The number of amides is 2. The number of urea groups is 1. The predicted molar refractivity (Wildman–Crippen MR) is 76.1 cm³/mol. The molecule has 21 heavy (non-hydrogen) atoms. The molecule has 1 rings (SSSR count). The van der Waals surface area contributed by atoms with Gasteiger partial charge in [-0.25, -0.2) is 14.0 Å². The van der Waals surface area contributed by atoms with Crippen molar-refractivity contribution in [1.29, 1.82) is 0 Å². The topological polar surface area (TPSA) is 78.9 Å². The Labute approximate surface area is 122 Å². The number of anilines is 1. The third kappa shape index (κ3) is 4.42.